The molecule has 1 aromatic carbocycles. The second-order valence-electron chi connectivity index (χ2n) is 7.37. The number of nitrogens with one attached hydrogen (secondary N) is 1. The van der Waals surface area contributed by atoms with Gasteiger partial charge in [-0.15, -0.1) is 0 Å². The molecule has 1 N–H and O–H groups in total. The normalized spacial score (nSPS) is 21.3. The zero-order valence-corrected chi connectivity index (χ0v) is 16.0. The van der Waals surface area contributed by atoms with Crippen molar-refractivity contribution < 1.29 is 4.74 Å². The lowest BCUT2D eigenvalue weighted by Gasteiger charge is -2.35. The molecule has 1 aromatic rings. The predicted molar refractivity (Wildman–Crippen MR) is 105 cm³/mol. The molecule has 4 heteroatoms. The van der Waals surface area contributed by atoms with Gasteiger partial charge in [0, 0.05) is 55.1 Å². The third-order valence-corrected chi connectivity index (χ3v) is 6.65. The van der Waals surface area contributed by atoms with Crippen molar-refractivity contribution in [2.75, 3.05) is 31.6 Å². The van der Waals surface area contributed by atoms with Crippen LogP contribution in [0.15, 0.2) is 24.3 Å². The zero-order valence-electron chi connectivity index (χ0n) is 15.2. The molecule has 2 fully saturated rings. The van der Waals surface area contributed by atoms with Crippen molar-refractivity contribution >= 4 is 17.4 Å². The van der Waals surface area contributed by atoms with E-state index in [0.29, 0.717) is 12.1 Å². The van der Waals surface area contributed by atoms with Crippen molar-refractivity contribution in [1.29, 1.82) is 0 Å². The van der Waals surface area contributed by atoms with E-state index < -0.39 is 0 Å². The van der Waals surface area contributed by atoms with Gasteiger partial charge in [-0.1, -0.05) is 12.1 Å². The first-order valence-electron chi connectivity index (χ1n) is 9.49. The second kappa shape index (κ2) is 9.12. The van der Waals surface area contributed by atoms with Gasteiger partial charge in [0.05, 0.1) is 0 Å². The summed E-state index contributed by atoms with van der Waals surface area (Å²) in [5.74, 6) is 1.12. The number of hydrogen-bond acceptors (Lipinski definition) is 4. The highest BCUT2D eigenvalue weighted by Gasteiger charge is 2.20. The number of nitrogens with zero attached hydrogens (tertiary/aromatic N) is 1. The molecule has 2 saturated heterocycles. The maximum Gasteiger partial charge on any atom is 0.0476 e. The highest BCUT2D eigenvalue weighted by molar-refractivity contribution is 7.99. The molecule has 0 aliphatic carbocycles. The molecule has 0 aromatic heterocycles. The molecule has 2 aliphatic rings. The molecule has 2 heterocycles. The number of rotatable bonds is 6. The van der Waals surface area contributed by atoms with Crippen LogP contribution >= 0.6 is 11.8 Å². The van der Waals surface area contributed by atoms with E-state index >= 15 is 0 Å². The van der Waals surface area contributed by atoms with Gasteiger partial charge >= 0.3 is 0 Å². The van der Waals surface area contributed by atoms with Crippen molar-refractivity contribution in [1.82, 2.24) is 4.90 Å². The van der Waals surface area contributed by atoms with E-state index in [1.165, 1.54) is 50.0 Å². The molecule has 0 bridgehead atoms. The lowest BCUT2D eigenvalue weighted by molar-refractivity contribution is 0.1000. The van der Waals surface area contributed by atoms with Crippen LogP contribution < -0.4 is 5.32 Å². The number of thioether (sulfide) groups is 1. The minimum atomic E-state index is 0.624. The lowest BCUT2D eigenvalue weighted by Crippen LogP contribution is -2.42. The average Bonchev–Trinajstić information content (AvgIpc) is 2.62. The highest BCUT2D eigenvalue weighted by Crippen LogP contribution is 2.27. The predicted octanol–water partition coefficient (Wildman–Crippen LogP) is 4.38. The number of hydrogen-bond donors (Lipinski definition) is 1. The number of benzene rings is 1. The molecule has 0 amide bonds. The van der Waals surface area contributed by atoms with Gasteiger partial charge in [-0.2, -0.15) is 11.8 Å². The van der Waals surface area contributed by atoms with Crippen LogP contribution in [0.4, 0.5) is 5.69 Å². The van der Waals surface area contributed by atoms with Gasteiger partial charge in [0.15, 0.2) is 0 Å². The van der Waals surface area contributed by atoms with Crippen molar-refractivity contribution in [3.05, 3.63) is 29.8 Å². The van der Waals surface area contributed by atoms with Crippen LogP contribution in [-0.2, 0) is 10.5 Å². The molecule has 3 nitrogen and oxygen atoms in total. The summed E-state index contributed by atoms with van der Waals surface area (Å²) in [7, 11) is 0. The number of ether oxygens (including phenoxy) is 1. The van der Waals surface area contributed by atoms with Gasteiger partial charge in [-0.25, -0.2) is 0 Å². The SMILES string of the molecule is CC(C)N1CCC(Nc2cccc(CSC3CCOCC3)c2)CC1. The minimum Gasteiger partial charge on any atom is -0.382 e. The number of likely N-dealkylation sites (tertiary alicyclic amines) is 1. The average molecular weight is 349 g/mol. The highest BCUT2D eigenvalue weighted by atomic mass is 32.2. The van der Waals surface area contributed by atoms with Crippen molar-refractivity contribution in [2.45, 2.75) is 62.6 Å². The molecular formula is C20H32N2OS. The fourth-order valence-corrected chi connectivity index (χ4v) is 4.74. The summed E-state index contributed by atoms with van der Waals surface area (Å²) in [6, 6.07) is 10.3. The van der Waals surface area contributed by atoms with E-state index in [1.54, 1.807) is 0 Å². The van der Waals surface area contributed by atoms with Crippen LogP contribution in [0, 0.1) is 0 Å². The lowest BCUT2D eigenvalue weighted by atomic mass is 10.0. The van der Waals surface area contributed by atoms with E-state index in [9.17, 15) is 0 Å². The smallest absolute Gasteiger partial charge is 0.0476 e. The van der Waals surface area contributed by atoms with Crippen molar-refractivity contribution in [3.63, 3.8) is 0 Å². The zero-order chi connectivity index (χ0) is 16.8. The summed E-state index contributed by atoms with van der Waals surface area (Å²) in [4.78, 5) is 2.58. The quantitative estimate of drug-likeness (QED) is 0.824. The molecule has 0 atom stereocenters. The molecule has 0 radical (unpaired) electrons. The Morgan fingerprint density at radius 2 is 1.92 bits per heavy atom. The first-order chi connectivity index (χ1) is 11.7. The first kappa shape index (κ1) is 18.1. The summed E-state index contributed by atoms with van der Waals surface area (Å²) in [6.07, 6.45) is 4.91. The van der Waals surface area contributed by atoms with Crippen LogP contribution in [0.5, 0.6) is 0 Å². The monoisotopic (exact) mass is 348 g/mol. The Balaban J connectivity index is 1.46. The van der Waals surface area contributed by atoms with E-state index in [-0.39, 0.29) is 0 Å². The summed E-state index contributed by atoms with van der Waals surface area (Å²) >= 11 is 2.09. The molecule has 0 spiro atoms. The minimum absolute atomic E-state index is 0.624. The molecular weight excluding hydrogens is 316 g/mol. The Labute approximate surface area is 151 Å². The van der Waals surface area contributed by atoms with Crippen molar-refractivity contribution in [2.24, 2.45) is 0 Å². The third-order valence-electron chi connectivity index (χ3n) is 5.21. The Kier molecular flexibility index (Phi) is 6.87. The second-order valence-corrected chi connectivity index (χ2v) is 8.66. The van der Waals surface area contributed by atoms with E-state index in [4.69, 9.17) is 4.74 Å². The Morgan fingerprint density at radius 1 is 1.17 bits per heavy atom. The standard InChI is InChI=1S/C20H32N2OS/c1-16(2)22-10-6-18(7-11-22)21-19-5-3-4-17(14-19)15-24-20-8-12-23-13-9-20/h3-5,14,16,18,20-21H,6-13,15H2,1-2H3. The summed E-state index contributed by atoms with van der Waals surface area (Å²) in [6.45, 7) is 8.91. The van der Waals surface area contributed by atoms with E-state index in [2.05, 4.69) is 60.1 Å². The van der Waals surface area contributed by atoms with Gasteiger partial charge in [0.1, 0.15) is 0 Å². The van der Waals surface area contributed by atoms with Gasteiger partial charge in [0.25, 0.3) is 0 Å². The molecule has 2 aliphatic heterocycles. The van der Waals surface area contributed by atoms with Crippen LogP contribution in [0.25, 0.3) is 0 Å². The Morgan fingerprint density at radius 3 is 2.62 bits per heavy atom. The van der Waals surface area contributed by atoms with E-state index in [1.807, 2.05) is 0 Å². The largest absolute Gasteiger partial charge is 0.382 e. The molecule has 0 unspecified atom stereocenters. The van der Waals surface area contributed by atoms with Gasteiger partial charge < -0.3 is 15.0 Å². The Hall–Kier alpha value is -0.710. The van der Waals surface area contributed by atoms with Gasteiger partial charge in [0.2, 0.25) is 0 Å². The number of piperidine rings is 1. The van der Waals surface area contributed by atoms with Crippen LogP contribution in [0.3, 0.4) is 0 Å². The van der Waals surface area contributed by atoms with Crippen LogP contribution in [0.2, 0.25) is 0 Å². The maximum absolute atomic E-state index is 5.45. The van der Waals surface area contributed by atoms with Crippen LogP contribution in [-0.4, -0.2) is 48.5 Å². The first-order valence-corrected chi connectivity index (χ1v) is 10.5. The number of anilines is 1. The maximum atomic E-state index is 5.45. The van der Waals surface area contributed by atoms with Crippen LogP contribution in [0.1, 0.15) is 45.1 Å². The fraction of sp³-hybridized carbons (Fsp3) is 0.700. The van der Waals surface area contributed by atoms with Gasteiger partial charge in [-0.05, 0) is 57.2 Å². The summed E-state index contributed by atoms with van der Waals surface area (Å²) in [5.41, 5.74) is 2.74. The Bertz CT molecular complexity index is 494. The molecule has 3 rings (SSSR count). The van der Waals surface area contributed by atoms with Crippen molar-refractivity contribution in [3.8, 4) is 0 Å². The molecule has 134 valence electrons. The third kappa shape index (κ3) is 5.40. The topological polar surface area (TPSA) is 24.5 Å². The fourth-order valence-electron chi connectivity index (χ4n) is 3.60. The molecule has 0 saturated carbocycles. The molecule has 24 heavy (non-hydrogen) atoms. The summed E-state index contributed by atoms with van der Waals surface area (Å²) < 4.78 is 5.45. The van der Waals surface area contributed by atoms with E-state index in [0.717, 1.165) is 24.2 Å². The summed E-state index contributed by atoms with van der Waals surface area (Å²) in [5, 5.41) is 4.54. The van der Waals surface area contributed by atoms with Gasteiger partial charge in [-0.3, -0.25) is 0 Å².